The van der Waals surface area contributed by atoms with Crippen molar-refractivity contribution in [1.29, 1.82) is 5.26 Å². The average molecular weight is 430 g/mol. The molecule has 0 fully saturated rings. The van der Waals surface area contributed by atoms with Gasteiger partial charge in [0.15, 0.2) is 5.69 Å². The van der Waals surface area contributed by atoms with Crippen LogP contribution >= 0.6 is 0 Å². The van der Waals surface area contributed by atoms with Gasteiger partial charge < -0.3 is 4.98 Å². The van der Waals surface area contributed by atoms with E-state index in [4.69, 9.17) is 5.26 Å². The van der Waals surface area contributed by atoms with Gasteiger partial charge in [-0.1, -0.05) is 12.1 Å². The van der Waals surface area contributed by atoms with Gasteiger partial charge in [0.1, 0.15) is 17.3 Å². The predicted molar refractivity (Wildman–Crippen MR) is 101 cm³/mol. The summed E-state index contributed by atoms with van der Waals surface area (Å²) < 4.78 is 69.4. The van der Waals surface area contributed by atoms with E-state index in [1.807, 2.05) is 6.07 Å². The van der Waals surface area contributed by atoms with E-state index >= 15 is 0 Å². The first-order valence-corrected chi connectivity index (χ1v) is 8.80. The molecule has 10 heteroatoms. The first kappa shape index (κ1) is 20.3. The summed E-state index contributed by atoms with van der Waals surface area (Å²) in [7, 11) is 0. The summed E-state index contributed by atoms with van der Waals surface area (Å²) >= 11 is 0. The van der Waals surface area contributed by atoms with E-state index in [-0.39, 0.29) is 11.3 Å². The summed E-state index contributed by atoms with van der Waals surface area (Å²) in [6.45, 7) is 1.40. The Labute approximate surface area is 171 Å². The third-order valence-electron chi connectivity index (χ3n) is 4.79. The topological polar surface area (TPSA) is 73.9 Å². The summed E-state index contributed by atoms with van der Waals surface area (Å²) in [5, 5.41) is 12.3. The first-order valence-electron chi connectivity index (χ1n) is 8.80. The molecule has 0 aliphatic rings. The molecule has 2 aromatic heterocycles. The molecular formula is C21H11F5N4O. The maximum Gasteiger partial charge on any atom is 0.435 e. The Balaban J connectivity index is 2.11. The van der Waals surface area contributed by atoms with Gasteiger partial charge in [0.2, 0.25) is 0 Å². The number of nitrogens with zero attached hydrogens (tertiary/aromatic N) is 3. The van der Waals surface area contributed by atoms with Crippen molar-refractivity contribution in [2.75, 3.05) is 0 Å². The molecule has 4 aromatic rings. The number of hydrogen-bond acceptors (Lipinski definition) is 3. The van der Waals surface area contributed by atoms with Crippen molar-refractivity contribution in [2.24, 2.45) is 0 Å². The monoisotopic (exact) mass is 430 g/mol. The van der Waals surface area contributed by atoms with Crippen molar-refractivity contribution in [3.8, 4) is 28.5 Å². The average Bonchev–Trinajstić information content (AvgIpc) is 3.11. The number of nitriles is 1. The number of hydrogen-bond donors (Lipinski definition) is 1. The second-order valence-electron chi connectivity index (χ2n) is 6.73. The normalized spacial score (nSPS) is 11.6. The summed E-state index contributed by atoms with van der Waals surface area (Å²) in [5.74, 6) is -2.20. The third kappa shape index (κ3) is 3.34. The number of rotatable bonds is 2. The second-order valence-corrected chi connectivity index (χ2v) is 6.73. The van der Waals surface area contributed by atoms with Crippen LogP contribution in [0.5, 0.6) is 0 Å². The molecule has 0 aliphatic carbocycles. The molecule has 5 nitrogen and oxygen atoms in total. The minimum absolute atomic E-state index is 0.0690. The van der Waals surface area contributed by atoms with Crippen LogP contribution in [0.1, 0.15) is 16.8 Å². The summed E-state index contributed by atoms with van der Waals surface area (Å²) in [6.07, 6.45) is -5.01. The summed E-state index contributed by atoms with van der Waals surface area (Å²) in [5.41, 5.74) is -2.97. The van der Waals surface area contributed by atoms with Gasteiger partial charge in [0.25, 0.3) is 5.56 Å². The third-order valence-corrected chi connectivity index (χ3v) is 4.79. The molecule has 0 saturated heterocycles. The van der Waals surface area contributed by atoms with Gasteiger partial charge in [-0.15, -0.1) is 0 Å². The Morgan fingerprint density at radius 2 is 1.77 bits per heavy atom. The fourth-order valence-corrected chi connectivity index (χ4v) is 3.30. The molecule has 0 atom stereocenters. The van der Waals surface area contributed by atoms with Crippen LogP contribution in [0, 0.1) is 29.9 Å². The zero-order valence-electron chi connectivity index (χ0n) is 15.7. The van der Waals surface area contributed by atoms with Crippen LogP contribution in [-0.2, 0) is 6.18 Å². The first-order chi connectivity index (χ1) is 14.6. The lowest BCUT2D eigenvalue weighted by molar-refractivity contribution is -0.140. The van der Waals surface area contributed by atoms with Crippen LogP contribution in [0.15, 0.2) is 47.3 Å². The maximum absolute atomic E-state index is 14.4. The van der Waals surface area contributed by atoms with Gasteiger partial charge in [-0.25, -0.2) is 8.78 Å². The molecule has 4 rings (SSSR count). The number of aromatic amines is 1. The van der Waals surface area contributed by atoms with Crippen molar-refractivity contribution in [2.45, 2.75) is 13.1 Å². The number of alkyl halides is 3. The lowest BCUT2D eigenvalue weighted by Crippen LogP contribution is -2.19. The molecular weight excluding hydrogens is 419 g/mol. The van der Waals surface area contributed by atoms with Gasteiger partial charge in [0, 0.05) is 17.2 Å². The fourth-order valence-electron chi connectivity index (χ4n) is 3.30. The predicted octanol–water partition coefficient (Wildman–Crippen LogP) is 4.83. The van der Waals surface area contributed by atoms with Crippen LogP contribution in [0.4, 0.5) is 22.0 Å². The highest BCUT2D eigenvalue weighted by atomic mass is 19.4. The molecule has 0 saturated carbocycles. The molecule has 31 heavy (non-hydrogen) atoms. The van der Waals surface area contributed by atoms with Gasteiger partial charge in [-0.3, -0.25) is 4.79 Å². The van der Waals surface area contributed by atoms with E-state index in [0.717, 1.165) is 12.1 Å². The highest BCUT2D eigenvalue weighted by Gasteiger charge is 2.40. The van der Waals surface area contributed by atoms with E-state index in [2.05, 4.69) is 10.1 Å². The van der Waals surface area contributed by atoms with Crippen LogP contribution in [0.25, 0.3) is 28.0 Å². The lowest BCUT2D eigenvalue weighted by atomic mass is 10.0. The Bertz CT molecular complexity index is 1430. The van der Waals surface area contributed by atoms with E-state index in [1.165, 1.54) is 31.2 Å². The number of nitrogens with one attached hydrogen (secondary N) is 1. The largest absolute Gasteiger partial charge is 0.435 e. The molecule has 1 N–H and O–H groups in total. The van der Waals surface area contributed by atoms with Crippen molar-refractivity contribution in [3.05, 3.63) is 81.3 Å². The van der Waals surface area contributed by atoms with Crippen LogP contribution in [-0.4, -0.2) is 14.6 Å². The molecule has 0 spiro atoms. The quantitative estimate of drug-likeness (QED) is 0.463. The minimum Gasteiger partial charge on any atom is -0.339 e. The Morgan fingerprint density at radius 3 is 2.35 bits per heavy atom. The zero-order valence-corrected chi connectivity index (χ0v) is 15.7. The van der Waals surface area contributed by atoms with E-state index in [1.54, 1.807) is 0 Å². The standard InChI is InChI=1S/C21H11F5N4O/c1-10-17(12-4-2-11(9-27)3-5-12)28-19-16(14-7-6-13(22)8-15(14)23)18(21(24,25)26)29-30(19)20(10)31/h2-8,28H,1H3. The molecule has 2 aromatic carbocycles. The van der Waals surface area contributed by atoms with Gasteiger partial charge >= 0.3 is 6.18 Å². The Hall–Kier alpha value is -4.00. The lowest BCUT2D eigenvalue weighted by Gasteiger charge is -2.10. The number of benzene rings is 2. The second kappa shape index (κ2) is 7.05. The molecule has 0 bridgehead atoms. The Kier molecular flexibility index (Phi) is 4.61. The minimum atomic E-state index is -5.01. The van der Waals surface area contributed by atoms with Gasteiger partial charge in [-0.2, -0.15) is 28.0 Å². The van der Waals surface area contributed by atoms with Crippen molar-refractivity contribution >= 4 is 5.65 Å². The molecule has 0 radical (unpaired) electrons. The SMILES string of the molecule is Cc1c(-c2ccc(C#N)cc2)[nH]c2c(-c3ccc(F)cc3F)c(C(F)(F)F)nn2c1=O. The van der Waals surface area contributed by atoms with Crippen LogP contribution in [0.3, 0.4) is 0 Å². The van der Waals surface area contributed by atoms with Gasteiger partial charge in [-0.05, 0) is 36.8 Å². The number of fused-ring (bicyclic) bond motifs is 1. The highest BCUT2D eigenvalue weighted by Crippen LogP contribution is 2.39. The zero-order chi connectivity index (χ0) is 22.5. The number of H-pyrrole nitrogens is 1. The molecule has 2 heterocycles. The van der Waals surface area contributed by atoms with Gasteiger partial charge in [0.05, 0.1) is 22.9 Å². The van der Waals surface area contributed by atoms with E-state index in [0.29, 0.717) is 21.7 Å². The smallest absolute Gasteiger partial charge is 0.339 e. The van der Waals surface area contributed by atoms with Crippen LogP contribution in [0.2, 0.25) is 0 Å². The molecule has 0 amide bonds. The van der Waals surface area contributed by atoms with Crippen molar-refractivity contribution in [1.82, 2.24) is 14.6 Å². The molecule has 0 aliphatic heterocycles. The van der Waals surface area contributed by atoms with Crippen molar-refractivity contribution in [3.63, 3.8) is 0 Å². The van der Waals surface area contributed by atoms with E-state index < -0.39 is 45.8 Å². The highest BCUT2D eigenvalue weighted by molar-refractivity contribution is 5.82. The number of aromatic nitrogens is 3. The summed E-state index contributed by atoms with van der Waals surface area (Å²) in [4.78, 5) is 15.6. The van der Waals surface area contributed by atoms with E-state index in [9.17, 15) is 26.7 Å². The summed E-state index contributed by atoms with van der Waals surface area (Å²) in [6, 6.07) is 10.1. The van der Waals surface area contributed by atoms with Crippen LogP contribution < -0.4 is 5.56 Å². The molecule has 156 valence electrons. The molecule has 0 unspecified atom stereocenters. The maximum atomic E-state index is 14.4. The number of halogens is 5. The van der Waals surface area contributed by atoms with Crippen molar-refractivity contribution < 1.29 is 22.0 Å². The fraction of sp³-hybridized carbons (Fsp3) is 0.0952. The Morgan fingerprint density at radius 1 is 1.10 bits per heavy atom.